The van der Waals surface area contributed by atoms with Crippen LogP contribution in [0.4, 0.5) is 0 Å². The predicted octanol–water partition coefficient (Wildman–Crippen LogP) is 0.382. The second-order valence-electron chi connectivity index (χ2n) is 4.70. The topological polar surface area (TPSA) is 118 Å². The summed E-state index contributed by atoms with van der Waals surface area (Å²) in [7, 11) is -4.68. The van der Waals surface area contributed by atoms with Crippen molar-refractivity contribution in [2.24, 2.45) is 0 Å². The molecule has 1 aliphatic rings. The Morgan fingerprint density at radius 2 is 1.86 bits per heavy atom. The maximum atomic E-state index is 11.8. The number of imide groups is 1. The Kier molecular flexibility index (Phi) is 6.17. The molecule has 1 rings (SSSR count). The molecule has 1 fully saturated rings. The van der Waals surface area contributed by atoms with E-state index < -0.39 is 33.2 Å². The minimum atomic E-state index is -4.68. The van der Waals surface area contributed by atoms with Crippen LogP contribution in [0.3, 0.4) is 0 Å². The number of carbonyl (C=O) groups is 3. The molecule has 1 heterocycles. The summed E-state index contributed by atoms with van der Waals surface area (Å²) in [5.74, 6) is -2.44. The SMILES string of the molecule is CC(C)SCCC(C(=O)ON1C(=O)CCC1=O)S(=O)(=O)O. The molecule has 1 atom stereocenters. The van der Waals surface area contributed by atoms with E-state index in [4.69, 9.17) is 4.55 Å². The largest absolute Gasteiger partial charge is 0.353 e. The Labute approximate surface area is 126 Å². The van der Waals surface area contributed by atoms with Crippen LogP contribution in [0.1, 0.15) is 33.1 Å². The average molecular weight is 339 g/mol. The third-order valence-electron chi connectivity index (χ3n) is 2.64. The number of thioether (sulfide) groups is 1. The summed E-state index contributed by atoms with van der Waals surface area (Å²) in [4.78, 5) is 38.9. The minimum absolute atomic E-state index is 0.0914. The molecule has 2 amide bonds. The first kappa shape index (κ1) is 17.9. The molecule has 8 nitrogen and oxygen atoms in total. The van der Waals surface area contributed by atoms with Crippen molar-refractivity contribution < 1.29 is 32.2 Å². The van der Waals surface area contributed by atoms with E-state index in [1.54, 1.807) is 0 Å². The highest BCUT2D eigenvalue weighted by atomic mass is 32.2. The molecule has 1 aliphatic heterocycles. The van der Waals surface area contributed by atoms with Gasteiger partial charge in [-0.05, 0) is 17.4 Å². The van der Waals surface area contributed by atoms with Crippen LogP contribution >= 0.6 is 11.8 Å². The Hall–Kier alpha value is -1.13. The highest BCUT2D eigenvalue weighted by Gasteiger charge is 2.39. The van der Waals surface area contributed by atoms with Gasteiger partial charge in [0, 0.05) is 12.8 Å². The van der Waals surface area contributed by atoms with Crippen molar-refractivity contribution >= 4 is 39.7 Å². The second kappa shape index (κ2) is 7.23. The molecule has 1 unspecified atom stereocenters. The number of hydrogen-bond acceptors (Lipinski definition) is 7. The van der Waals surface area contributed by atoms with Crippen molar-refractivity contribution in [2.45, 2.75) is 43.6 Å². The van der Waals surface area contributed by atoms with E-state index in [2.05, 4.69) is 4.84 Å². The third kappa shape index (κ3) is 5.29. The maximum absolute atomic E-state index is 11.8. The second-order valence-corrected chi connectivity index (χ2v) is 7.99. The fraction of sp³-hybridized carbons (Fsp3) is 0.727. The van der Waals surface area contributed by atoms with Gasteiger partial charge < -0.3 is 4.84 Å². The molecule has 0 bridgehead atoms. The van der Waals surface area contributed by atoms with Crippen LogP contribution in [0.25, 0.3) is 0 Å². The Balaban J connectivity index is 2.72. The summed E-state index contributed by atoms with van der Waals surface area (Å²) < 4.78 is 31.6. The van der Waals surface area contributed by atoms with Crippen LogP contribution in [-0.4, -0.2) is 52.1 Å². The van der Waals surface area contributed by atoms with Crippen LogP contribution in [0.2, 0.25) is 0 Å². The molecule has 1 saturated heterocycles. The summed E-state index contributed by atoms with van der Waals surface area (Å²) >= 11 is 1.41. The lowest BCUT2D eigenvalue weighted by Crippen LogP contribution is -2.39. The highest BCUT2D eigenvalue weighted by Crippen LogP contribution is 2.18. The normalized spacial score (nSPS) is 17.4. The highest BCUT2D eigenvalue weighted by molar-refractivity contribution is 7.99. The van der Waals surface area contributed by atoms with Crippen LogP contribution in [-0.2, 0) is 29.3 Å². The van der Waals surface area contributed by atoms with E-state index in [-0.39, 0.29) is 29.6 Å². The van der Waals surface area contributed by atoms with Crippen molar-refractivity contribution in [1.82, 2.24) is 5.06 Å². The van der Waals surface area contributed by atoms with Gasteiger partial charge in [-0.3, -0.25) is 14.1 Å². The van der Waals surface area contributed by atoms with Gasteiger partial charge in [0.2, 0.25) is 0 Å². The standard InChI is InChI=1S/C11H17NO7S2/c1-7(2)20-6-5-8(21(16,17)18)11(15)19-12-9(13)3-4-10(12)14/h7-8H,3-6H2,1-2H3,(H,16,17,18). The zero-order valence-corrected chi connectivity index (χ0v) is 13.3. The van der Waals surface area contributed by atoms with E-state index in [0.29, 0.717) is 5.75 Å². The van der Waals surface area contributed by atoms with E-state index >= 15 is 0 Å². The van der Waals surface area contributed by atoms with Crippen molar-refractivity contribution in [1.29, 1.82) is 0 Å². The Morgan fingerprint density at radius 1 is 1.33 bits per heavy atom. The molecule has 0 aromatic rings. The van der Waals surface area contributed by atoms with Gasteiger partial charge in [0.05, 0.1) is 0 Å². The summed E-state index contributed by atoms with van der Waals surface area (Å²) in [6, 6.07) is 0. The fourth-order valence-electron chi connectivity index (χ4n) is 1.61. The smallest absolute Gasteiger partial charge is 0.329 e. The van der Waals surface area contributed by atoms with Crippen LogP contribution in [0.15, 0.2) is 0 Å². The number of amides is 2. The van der Waals surface area contributed by atoms with Gasteiger partial charge in [0.1, 0.15) is 0 Å². The van der Waals surface area contributed by atoms with Crippen LogP contribution in [0.5, 0.6) is 0 Å². The number of carbonyl (C=O) groups excluding carboxylic acids is 3. The van der Waals surface area contributed by atoms with Gasteiger partial charge in [0.25, 0.3) is 21.9 Å². The molecule has 120 valence electrons. The predicted molar refractivity (Wildman–Crippen MR) is 74.7 cm³/mol. The lowest BCUT2D eigenvalue weighted by Gasteiger charge is -2.17. The lowest BCUT2D eigenvalue weighted by molar-refractivity contribution is -0.197. The zero-order chi connectivity index (χ0) is 16.2. The van der Waals surface area contributed by atoms with E-state index in [9.17, 15) is 22.8 Å². The number of hydroxylamine groups is 2. The van der Waals surface area contributed by atoms with Gasteiger partial charge in [-0.25, -0.2) is 4.79 Å². The molecule has 0 spiro atoms. The van der Waals surface area contributed by atoms with E-state index in [1.165, 1.54) is 11.8 Å². The maximum Gasteiger partial charge on any atom is 0.353 e. The molecule has 0 saturated carbocycles. The lowest BCUT2D eigenvalue weighted by atomic mass is 10.3. The molecule has 10 heteroatoms. The van der Waals surface area contributed by atoms with Crippen molar-refractivity contribution in [3.8, 4) is 0 Å². The molecule has 0 aliphatic carbocycles. The zero-order valence-electron chi connectivity index (χ0n) is 11.6. The van der Waals surface area contributed by atoms with E-state index in [1.807, 2.05) is 13.8 Å². The molecular formula is C11H17NO7S2. The third-order valence-corrected chi connectivity index (χ3v) is 4.93. The Bertz CT molecular complexity index is 513. The fourth-order valence-corrected chi connectivity index (χ4v) is 3.30. The molecular weight excluding hydrogens is 322 g/mol. The van der Waals surface area contributed by atoms with Gasteiger partial charge in [0.15, 0.2) is 5.25 Å². The van der Waals surface area contributed by atoms with Gasteiger partial charge in [-0.2, -0.15) is 20.2 Å². The Morgan fingerprint density at radius 3 is 2.29 bits per heavy atom. The minimum Gasteiger partial charge on any atom is -0.329 e. The summed E-state index contributed by atoms with van der Waals surface area (Å²) in [5, 5.41) is -1.33. The molecule has 1 N–H and O–H groups in total. The average Bonchev–Trinajstić information content (AvgIpc) is 2.64. The summed E-state index contributed by atoms with van der Waals surface area (Å²) in [6.07, 6.45) is -0.353. The number of nitrogens with zero attached hydrogens (tertiary/aromatic N) is 1. The molecule has 0 radical (unpaired) electrons. The van der Waals surface area contributed by atoms with Crippen LogP contribution in [0, 0.1) is 0 Å². The first-order valence-electron chi connectivity index (χ1n) is 6.28. The van der Waals surface area contributed by atoms with Crippen molar-refractivity contribution in [3.63, 3.8) is 0 Å². The summed E-state index contributed by atoms with van der Waals surface area (Å²) in [6.45, 7) is 3.79. The quantitative estimate of drug-likeness (QED) is 0.522. The van der Waals surface area contributed by atoms with Gasteiger partial charge in [-0.15, -0.1) is 5.06 Å². The van der Waals surface area contributed by atoms with Gasteiger partial charge >= 0.3 is 5.97 Å². The number of hydrogen-bond donors (Lipinski definition) is 1. The van der Waals surface area contributed by atoms with Crippen LogP contribution < -0.4 is 0 Å². The monoisotopic (exact) mass is 339 g/mol. The summed E-state index contributed by atoms with van der Waals surface area (Å²) in [5.41, 5.74) is 0. The molecule has 0 aromatic carbocycles. The van der Waals surface area contributed by atoms with Gasteiger partial charge in [-0.1, -0.05) is 13.8 Å². The first-order valence-corrected chi connectivity index (χ1v) is 8.83. The molecule has 21 heavy (non-hydrogen) atoms. The van der Waals surface area contributed by atoms with Crippen molar-refractivity contribution in [3.05, 3.63) is 0 Å². The van der Waals surface area contributed by atoms with E-state index in [0.717, 1.165) is 0 Å². The molecule has 0 aromatic heterocycles. The number of rotatable bonds is 7. The first-order chi connectivity index (χ1) is 9.62. The van der Waals surface area contributed by atoms with Crippen molar-refractivity contribution in [2.75, 3.05) is 5.75 Å².